The highest BCUT2D eigenvalue weighted by Crippen LogP contribution is 2.12. The number of unbranched alkanes of at least 4 members (excludes halogenated alkanes) is 1. The van der Waals surface area contributed by atoms with Crippen LogP contribution in [0.4, 0.5) is 0 Å². The summed E-state index contributed by atoms with van der Waals surface area (Å²) < 4.78 is 1.02. The van der Waals surface area contributed by atoms with Crippen molar-refractivity contribution in [1.82, 2.24) is 10.2 Å². The second-order valence-corrected chi connectivity index (χ2v) is 5.01. The van der Waals surface area contributed by atoms with Crippen LogP contribution in [0.15, 0.2) is 0 Å². The van der Waals surface area contributed by atoms with E-state index in [1.807, 2.05) is 0 Å². The third-order valence-corrected chi connectivity index (χ3v) is 3.76. The van der Waals surface area contributed by atoms with Gasteiger partial charge in [-0.15, -0.1) is 0 Å². The summed E-state index contributed by atoms with van der Waals surface area (Å²) in [6.45, 7) is 4.44. The standard InChI is InChI=1S/C9H18N2OS2/c12-7-1-2-8-14-9(13)11-5-3-10-4-6-11/h10,12H,1-8H2. The summed E-state index contributed by atoms with van der Waals surface area (Å²) in [6.07, 6.45) is 1.94. The van der Waals surface area contributed by atoms with Crippen molar-refractivity contribution in [1.29, 1.82) is 0 Å². The van der Waals surface area contributed by atoms with Crippen LogP contribution in [0.3, 0.4) is 0 Å². The fourth-order valence-corrected chi connectivity index (χ4v) is 2.63. The molecule has 0 atom stereocenters. The van der Waals surface area contributed by atoms with Crippen LogP contribution in [-0.2, 0) is 0 Å². The number of nitrogens with zero attached hydrogens (tertiary/aromatic N) is 1. The summed E-state index contributed by atoms with van der Waals surface area (Å²) in [5.74, 6) is 1.03. The second kappa shape index (κ2) is 7.45. The molecule has 0 aliphatic carbocycles. The van der Waals surface area contributed by atoms with Crippen LogP contribution in [0.2, 0.25) is 0 Å². The molecule has 0 aromatic heterocycles. The van der Waals surface area contributed by atoms with Gasteiger partial charge in [0.25, 0.3) is 0 Å². The predicted molar refractivity (Wildman–Crippen MR) is 65.8 cm³/mol. The quantitative estimate of drug-likeness (QED) is 0.552. The van der Waals surface area contributed by atoms with Crippen molar-refractivity contribution in [2.75, 3.05) is 38.5 Å². The van der Waals surface area contributed by atoms with Crippen LogP contribution in [0, 0.1) is 0 Å². The van der Waals surface area contributed by atoms with Gasteiger partial charge in [-0.1, -0.05) is 24.0 Å². The molecule has 0 aromatic rings. The molecule has 14 heavy (non-hydrogen) atoms. The zero-order chi connectivity index (χ0) is 10.2. The minimum absolute atomic E-state index is 0.293. The van der Waals surface area contributed by atoms with Gasteiger partial charge >= 0.3 is 0 Å². The van der Waals surface area contributed by atoms with Crippen LogP contribution in [0.25, 0.3) is 0 Å². The third kappa shape index (κ3) is 4.59. The van der Waals surface area contributed by atoms with E-state index in [-0.39, 0.29) is 0 Å². The Bertz CT molecular complexity index is 172. The molecule has 3 nitrogen and oxygen atoms in total. The van der Waals surface area contributed by atoms with Gasteiger partial charge in [0.2, 0.25) is 0 Å². The highest BCUT2D eigenvalue weighted by molar-refractivity contribution is 8.22. The van der Waals surface area contributed by atoms with E-state index in [4.69, 9.17) is 17.3 Å². The van der Waals surface area contributed by atoms with Crippen LogP contribution < -0.4 is 5.32 Å². The van der Waals surface area contributed by atoms with Crippen molar-refractivity contribution >= 4 is 28.3 Å². The molecule has 0 aromatic carbocycles. The van der Waals surface area contributed by atoms with E-state index in [1.165, 1.54) is 0 Å². The zero-order valence-corrected chi connectivity index (χ0v) is 10.0. The Kier molecular flexibility index (Phi) is 6.51. The molecule has 2 N–H and O–H groups in total. The van der Waals surface area contributed by atoms with Gasteiger partial charge in [0.1, 0.15) is 4.32 Å². The molecule has 0 radical (unpaired) electrons. The molecule has 1 saturated heterocycles. The molecule has 1 fully saturated rings. The van der Waals surface area contributed by atoms with Crippen molar-refractivity contribution in [2.45, 2.75) is 12.8 Å². The van der Waals surface area contributed by atoms with E-state index in [0.29, 0.717) is 6.61 Å². The molecule has 1 rings (SSSR count). The molecule has 82 valence electrons. The summed E-state index contributed by atoms with van der Waals surface area (Å²) in [4.78, 5) is 2.26. The van der Waals surface area contributed by atoms with Crippen LogP contribution >= 0.6 is 24.0 Å². The number of rotatable bonds is 4. The van der Waals surface area contributed by atoms with E-state index in [9.17, 15) is 0 Å². The highest BCUT2D eigenvalue weighted by Gasteiger charge is 2.12. The summed E-state index contributed by atoms with van der Waals surface area (Å²) in [6, 6.07) is 0. The first-order valence-electron chi connectivity index (χ1n) is 5.08. The zero-order valence-electron chi connectivity index (χ0n) is 8.37. The Morgan fingerprint density at radius 3 is 2.71 bits per heavy atom. The minimum atomic E-state index is 0.293. The van der Waals surface area contributed by atoms with Crippen molar-refractivity contribution in [3.05, 3.63) is 0 Å². The lowest BCUT2D eigenvalue weighted by Crippen LogP contribution is -2.45. The molecule has 1 aliphatic rings. The van der Waals surface area contributed by atoms with Gasteiger partial charge in [-0.3, -0.25) is 0 Å². The van der Waals surface area contributed by atoms with Gasteiger partial charge in [0, 0.05) is 38.5 Å². The fourth-order valence-electron chi connectivity index (χ4n) is 1.31. The fraction of sp³-hybridized carbons (Fsp3) is 0.889. The monoisotopic (exact) mass is 234 g/mol. The smallest absolute Gasteiger partial charge is 0.136 e. The Morgan fingerprint density at radius 1 is 1.36 bits per heavy atom. The summed E-state index contributed by atoms with van der Waals surface area (Å²) in [5.41, 5.74) is 0. The number of aliphatic hydroxyl groups is 1. The summed E-state index contributed by atoms with van der Waals surface area (Å²) in [5, 5.41) is 11.9. The summed E-state index contributed by atoms with van der Waals surface area (Å²) >= 11 is 7.06. The second-order valence-electron chi connectivity index (χ2n) is 3.28. The number of aliphatic hydroxyl groups excluding tert-OH is 1. The van der Waals surface area contributed by atoms with Crippen molar-refractivity contribution < 1.29 is 5.11 Å². The highest BCUT2D eigenvalue weighted by atomic mass is 32.2. The van der Waals surface area contributed by atoms with Gasteiger partial charge in [-0.2, -0.15) is 0 Å². The molecule has 0 amide bonds. The van der Waals surface area contributed by atoms with Gasteiger partial charge in [-0.05, 0) is 12.8 Å². The van der Waals surface area contributed by atoms with Crippen LogP contribution in [-0.4, -0.2) is 52.9 Å². The molecular formula is C9H18N2OS2. The van der Waals surface area contributed by atoms with E-state index in [0.717, 1.165) is 49.1 Å². The van der Waals surface area contributed by atoms with E-state index in [2.05, 4.69) is 10.2 Å². The topological polar surface area (TPSA) is 35.5 Å². The van der Waals surface area contributed by atoms with E-state index in [1.54, 1.807) is 11.8 Å². The molecule has 5 heteroatoms. The van der Waals surface area contributed by atoms with Crippen molar-refractivity contribution in [3.63, 3.8) is 0 Å². The normalized spacial score (nSPS) is 17.1. The lowest BCUT2D eigenvalue weighted by atomic mass is 10.4. The Hall–Kier alpha value is 0.160. The number of thioether (sulfide) groups is 1. The first-order valence-corrected chi connectivity index (χ1v) is 6.47. The van der Waals surface area contributed by atoms with Crippen molar-refractivity contribution in [3.8, 4) is 0 Å². The molecule has 0 bridgehead atoms. The SMILES string of the molecule is OCCCCSC(=S)N1CCNCC1. The maximum absolute atomic E-state index is 8.62. The lowest BCUT2D eigenvalue weighted by Gasteiger charge is -2.29. The maximum Gasteiger partial charge on any atom is 0.136 e. The Morgan fingerprint density at radius 2 is 2.07 bits per heavy atom. The van der Waals surface area contributed by atoms with Gasteiger partial charge in [-0.25, -0.2) is 0 Å². The van der Waals surface area contributed by atoms with Gasteiger partial charge in [0.15, 0.2) is 0 Å². The largest absolute Gasteiger partial charge is 0.396 e. The van der Waals surface area contributed by atoms with E-state index >= 15 is 0 Å². The lowest BCUT2D eigenvalue weighted by molar-refractivity contribution is 0.287. The first-order chi connectivity index (χ1) is 6.84. The molecule has 0 saturated carbocycles. The first kappa shape index (κ1) is 12.2. The molecular weight excluding hydrogens is 216 g/mol. The molecule has 1 heterocycles. The third-order valence-electron chi connectivity index (χ3n) is 2.15. The van der Waals surface area contributed by atoms with Crippen LogP contribution in [0.5, 0.6) is 0 Å². The molecule has 0 unspecified atom stereocenters. The van der Waals surface area contributed by atoms with E-state index < -0.39 is 0 Å². The molecule has 1 aliphatic heterocycles. The number of piperazine rings is 1. The Labute approximate surface area is 95.2 Å². The average Bonchev–Trinajstić information content (AvgIpc) is 2.25. The van der Waals surface area contributed by atoms with Gasteiger partial charge < -0.3 is 15.3 Å². The maximum atomic E-state index is 8.62. The number of hydrogen-bond acceptors (Lipinski definition) is 4. The Balaban J connectivity index is 2.07. The summed E-state index contributed by atoms with van der Waals surface area (Å²) in [7, 11) is 0. The van der Waals surface area contributed by atoms with Crippen LogP contribution in [0.1, 0.15) is 12.8 Å². The minimum Gasteiger partial charge on any atom is -0.396 e. The van der Waals surface area contributed by atoms with Crippen molar-refractivity contribution in [2.24, 2.45) is 0 Å². The number of hydrogen-bond donors (Lipinski definition) is 2. The number of nitrogens with one attached hydrogen (secondary N) is 1. The van der Waals surface area contributed by atoms with Gasteiger partial charge in [0.05, 0.1) is 0 Å². The predicted octanol–water partition coefficient (Wildman–Crippen LogP) is 0.682. The average molecular weight is 234 g/mol. The molecule has 0 spiro atoms. The number of thiocarbonyl (C=S) groups is 1.